The number of nitrogens with one attached hydrogen (secondary N) is 1. The van der Waals surface area contributed by atoms with Gasteiger partial charge in [0.15, 0.2) is 11.5 Å². The first kappa shape index (κ1) is 15.4. The molecule has 0 unspecified atom stereocenters. The van der Waals surface area contributed by atoms with Crippen LogP contribution in [0.3, 0.4) is 0 Å². The zero-order valence-corrected chi connectivity index (χ0v) is 13.4. The molecule has 0 atom stereocenters. The van der Waals surface area contributed by atoms with Gasteiger partial charge in [0.2, 0.25) is 0 Å². The Hall–Kier alpha value is -4.08. The minimum absolute atomic E-state index is 0.0432. The number of tetrazole rings is 1. The van der Waals surface area contributed by atoms with Crippen molar-refractivity contribution in [1.82, 2.24) is 35.2 Å². The highest BCUT2D eigenvalue weighted by molar-refractivity contribution is 6.05. The molecule has 2 aromatic heterocycles. The third kappa shape index (κ3) is 2.86. The second-order valence-electron chi connectivity index (χ2n) is 5.33. The van der Waals surface area contributed by atoms with E-state index in [1.165, 1.54) is 15.7 Å². The number of para-hydroxylation sites is 1. The lowest BCUT2D eigenvalue weighted by Crippen LogP contribution is -2.15. The molecule has 0 aliphatic rings. The van der Waals surface area contributed by atoms with Gasteiger partial charge in [0.05, 0.1) is 11.4 Å². The van der Waals surface area contributed by atoms with Crippen molar-refractivity contribution in [3.8, 4) is 11.4 Å². The number of rotatable bonds is 4. The molecular weight excluding hydrogens is 334 g/mol. The maximum atomic E-state index is 12.4. The van der Waals surface area contributed by atoms with E-state index in [4.69, 9.17) is 5.73 Å². The van der Waals surface area contributed by atoms with Crippen LogP contribution < -0.4 is 11.1 Å². The quantitative estimate of drug-likeness (QED) is 0.565. The highest BCUT2D eigenvalue weighted by atomic mass is 16.2. The molecule has 0 aliphatic carbocycles. The summed E-state index contributed by atoms with van der Waals surface area (Å²) in [6.45, 7) is 0. The van der Waals surface area contributed by atoms with Crippen LogP contribution in [0.15, 0.2) is 60.9 Å². The summed E-state index contributed by atoms with van der Waals surface area (Å²) in [5.41, 5.74) is 8.12. The predicted octanol–water partition coefficient (Wildman–Crippen LogP) is 1.08. The molecule has 0 saturated carbocycles. The van der Waals surface area contributed by atoms with Gasteiger partial charge in [-0.15, -0.1) is 10.2 Å². The summed E-state index contributed by atoms with van der Waals surface area (Å²) in [7, 11) is 0. The van der Waals surface area contributed by atoms with Crippen molar-refractivity contribution in [3.63, 3.8) is 0 Å². The lowest BCUT2D eigenvalue weighted by Gasteiger charge is -2.06. The van der Waals surface area contributed by atoms with Gasteiger partial charge in [0.1, 0.15) is 6.33 Å². The van der Waals surface area contributed by atoms with Crippen LogP contribution in [0.25, 0.3) is 11.4 Å². The van der Waals surface area contributed by atoms with Gasteiger partial charge in [0, 0.05) is 5.69 Å². The Morgan fingerprint density at radius 1 is 1.00 bits per heavy atom. The van der Waals surface area contributed by atoms with Crippen LogP contribution in [-0.2, 0) is 0 Å². The first-order valence-electron chi connectivity index (χ1n) is 7.64. The van der Waals surface area contributed by atoms with E-state index in [-0.39, 0.29) is 11.5 Å². The number of carbonyl (C=O) groups is 1. The van der Waals surface area contributed by atoms with E-state index in [0.29, 0.717) is 11.4 Å². The van der Waals surface area contributed by atoms with Crippen LogP contribution >= 0.6 is 0 Å². The number of carbonyl (C=O) groups excluding carboxylic acids is 1. The van der Waals surface area contributed by atoms with Crippen LogP contribution in [0, 0.1) is 0 Å². The second kappa shape index (κ2) is 6.43. The minimum atomic E-state index is -0.434. The van der Waals surface area contributed by atoms with Crippen LogP contribution in [-0.4, -0.2) is 41.1 Å². The third-order valence-corrected chi connectivity index (χ3v) is 3.64. The average Bonchev–Trinajstić information content (AvgIpc) is 3.32. The Bertz CT molecular complexity index is 1040. The number of nitrogen functional groups attached to an aromatic ring is 1. The number of amides is 1. The molecule has 3 N–H and O–H groups in total. The summed E-state index contributed by atoms with van der Waals surface area (Å²) in [5, 5.41) is 21.7. The van der Waals surface area contributed by atoms with Crippen LogP contribution in [0.4, 0.5) is 11.5 Å². The van der Waals surface area contributed by atoms with E-state index in [1.54, 1.807) is 30.3 Å². The number of aromatic nitrogens is 7. The smallest absolute Gasteiger partial charge is 0.280 e. The van der Waals surface area contributed by atoms with Crippen molar-refractivity contribution >= 4 is 17.4 Å². The Balaban J connectivity index is 1.63. The molecule has 2 heterocycles. The fourth-order valence-corrected chi connectivity index (χ4v) is 2.40. The van der Waals surface area contributed by atoms with Crippen LogP contribution in [0.2, 0.25) is 0 Å². The lowest BCUT2D eigenvalue weighted by atomic mass is 10.2. The number of anilines is 2. The first-order chi connectivity index (χ1) is 12.7. The molecule has 0 saturated heterocycles. The van der Waals surface area contributed by atoms with Crippen molar-refractivity contribution in [2.75, 3.05) is 11.1 Å². The topological polar surface area (TPSA) is 129 Å². The van der Waals surface area contributed by atoms with Crippen LogP contribution in [0.5, 0.6) is 0 Å². The SMILES string of the molecule is Nc1c(C(=O)Nc2ccccc2)nnn1-c1cccc(-n2cnnn2)c1. The van der Waals surface area contributed by atoms with Crippen molar-refractivity contribution in [2.24, 2.45) is 0 Å². The monoisotopic (exact) mass is 347 g/mol. The molecule has 10 heteroatoms. The zero-order chi connectivity index (χ0) is 17.9. The predicted molar refractivity (Wildman–Crippen MR) is 92.9 cm³/mol. The molecule has 10 nitrogen and oxygen atoms in total. The summed E-state index contributed by atoms with van der Waals surface area (Å²) in [5.74, 6) is -0.302. The van der Waals surface area contributed by atoms with Crippen molar-refractivity contribution in [2.45, 2.75) is 0 Å². The molecule has 4 aromatic rings. The molecule has 4 rings (SSSR count). The maximum Gasteiger partial charge on any atom is 0.280 e. The first-order valence-corrected chi connectivity index (χ1v) is 7.64. The summed E-state index contributed by atoms with van der Waals surface area (Å²) in [6.07, 6.45) is 1.47. The summed E-state index contributed by atoms with van der Waals surface area (Å²) >= 11 is 0. The van der Waals surface area contributed by atoms with Gasteiger partial charge in [-0.1, -0.05) is 29.5 Å². The minimum Gasteiger partial charge on any atom is -0.382 e. The van der Waals surface area contributed by atoms with Crippen molar-refractivity contribution < 1.29 is 4.79 Å². The van der Waals surface area contributed by atoms with Gasteiger partial charge in [-0.05, 0) is 40.8 Å². The molecule has 0 aliphatic heterocycles. The highest BCUT2D eigenvalue weighted by Gasteiger charge is 2.18. The van der Waals surface area contributed by atoms with E-state index >= 15 is 0 Å². The van der Waals surface area contributed by atoms with Crippen LogP contribution in [0.1, 0.15) is 10.5 Å². The number of benzene rings is 2. The fourth-order valence-electron chi connectivity index (χ4n) is 2.40. The van der Waals surface area contributed by atoms with Gasteiger partial charge in [-0.2, -0.15) is 4.68 Å². The normalized spacial score (nSPS) is 10.6. The molecule has 128 valence electrons. The van der Waals surface area contributed by atoms with Gasteiger partial charge in [-0.25, -0.2) is 4.68 Å². The molecule has 0 bridgehead atoms. The summed E-state index contributed by atoms with van der Waals surface area (Å²) in [6, 6.07) is 16.2. The van der Waals surface area contributed by atoms with Crippen molar-refractivity contribution in [1.29, 1.82) is 0 Å². The van der Waals surface area contributed by atoms with E-state index in [1.807, 2.05) is 24.3 Å². The van der Waals surface area contributed by atoms with Gasteiger partial charge in [0.25, 0.3) is 5.91 Å². The third-order valence-electron chi connectivity index (χ3n) is 3.64. The second-order valence-corrected chi connectivity index (χ2v) is 5.33. The number of hydrogen-bond acceptors (Lipinski definition) is 7. The molecule has 0 fully saturated rings. The number of nitrogens with two attached hydrogens (primary N) is 1. The molecule has 0 spiro atoms. The summed E-state index contributed by atoms with van der Waals surface area (Å²) < 4.78 is 2.88. The van der Waals surface area contributed by atoms with E-state index in [9.17, 15) is 4.79 Å². The van der Waals surface area contributed by atoms with Crippen molar-refractivity contribution in [3.05, 3.63) is 66.6 Å². The summed E-state index contributed by atoms with van der Waals surface area (Å²) in [4.78, 5) is 12.4. The zero-order valence-electron chi connectivity index (χ0n) is 13.4. The Kier molecular flexibility index (Phi) is 3.82. The Morgan fingerprint density at radius 3 is 2.58 bits per heavy atom. The molecular formula is C16H13N9O. The number of nitrogens with zero attached hydrogens (tertiary/aromatic N) is 7. The Labute approximate surface area is 147 Å². The van der Waals surface area contributed by atoms with Gasteiger partial charge < -0.3 is 11.1 Å². The standard InChI is InChI=1S/C16H13N9O/c17-15-14(16(26)19-11-5-2-1-3-6-11)20-22-25(15)13-8-4-7-12(9-13)24-10-18-21-23-24/h1-10H,17H2,(H,19,26). The van der Waals surface area contributed by atoms with E-state index in [2.05, 4.69) is 31.2 Å². The van der Waals surface area contributed by atoms with E-state index < -0.39 is 5.91 Å². The number of hydrogen-bond donors (Lipinski definition) is 2. The lowest BCUT2D eigenvalue weighted by molar-refractivity contribution is 0.102. The Morgan fingerprint density at radius 2 is 1.81 bits per heavy atom. The van der Waals surface area contributed by atoms with E-state index in [0.717, 1.165) is 5.69 Å². The largest absolute Gasteiger partial charge is 0.382 e. The molecule has 2 aromatic carbocycles. The molecule has 1 amide bonds. The maximum absolute atomic E-state index is 12.4. The molecule has 0 radical (unpaired) electrons. The molecule has 26 heavy (non-hydrogen) atoms. The fraction of sp³-hybridized carbons (Fsp3) is 0. The highest BCUT2D eigenvalue weighted by Crippen LogP contribution is 2.18. The van der Waals surface area contributed by atoms with Gasteiger partial charge in [-0.3, -0.25) is 4.79 Å². The average molecular weight is 347 g/mol. The van der Waals surface area contributed by atoms with Gasteiger partial charge >= 0.3 is 0 Å².